The normalized spacial score (nSPS) is 13.9. The van der Waals surface area contributed by atoms with E-state index in [-0.39, 0.29) is 16.7 Å². The van der Waals surface area contributed by atoms with Crippen molar-refractivity contribution >= 4 is 23.3 Å². The summed E-state index contributed by atoms with van der Waals surface area (Å²) in [5.74, 6) is 0.525. The number of nitrogens with zero attached hydrogens (tertiary/aromatic N) is 3. The summed E-state index contributed by atoms with van der Waals surface area (Å²) in [6.07, 6.45) is 6.13. The average Bonchev–Trinajstić information content (AvgIpc) is 3.17. The molecule has 7 heteroatoms. The maximum Gasteiger partial charge on any atom is 0.228 e. The van der Waals surface area contributed by atoms with Crippen molar-refractivity contribution in [3.8, 4) is 11.3 Å². The molecule has 5 nitrogen and oxygen atoms in total. The number of benzene rings is 1. The minimum Gasteiger partial charge on any atom is -0.295 e. The van der Waals surface area contributed by atoms with E-state index < -0.39 is 0 Å². The lowest BCUT2D eigenvalue weighted by atomic mass is 10.1. The number of pyridine rings is 1. The van der Waals surface area contributed by atoms with Crippen molar-refractivity contribution in [2.45, 2.75) is 26.2 Å². The van der Waals surface area contributed by atoms with Gasteiger partial charge in [-0.05, 0) is 49.6 Å². The summed E-state index contributed by atoms with van der Waals surface area (Å²) in [6.45, 7) is 2.58. The molecule has 140 valence electrons. The molecule has 1 saturated heterocycles. The number of rotatable bonds is 2. The number of aromatic amines is 1. The van der Waals surface area contributed by atoms with E-state index in [1.807, 2.05) is 25.1 Å². The minimum absolute atomic E-state index is 0.161. The maximum atomic E-state index is 12.4. The molecule has 0 saturated carbocycles. The van der Waals surface area contributed by atoms with E-state index >= 15 is 0 Å². The molecule has 0 atom stereocenters. The van der Waals surface area contributed by atoms with Crippen LogP contribution in [0.3, 0.4) is 0 Å². The molecule has 0 radical (unpaired) electrons. The topological polar surface area (TPSA) is 61.9 Å². The first-order valence-electron chi connectivity index (χ1n) is 8.72. The second-order valence-electron chi connectivity index (χ2n) is 6.30. The predicted octanol–water partition coefficient (Wildman–Crippen LogP) is 4.78. The molecule has 1 aromatic carbocycles. The number of hydrogen-bond acceptors (Lipinski definition) is 3. The molecule has 1 fully saturated rings. The van der Waals surface area contributed by atoms with Crippen molar-refractivity contribution in [3.05, 3.63) is 65.2 Å². The van der Waals surface area contributed by atoms with Crippen molar-refractivity contribution in [1.82, 2.24) is 15.2 Å². The zero-order valence-corrected chi connectivity index (χ0v) is 15.7. The lowest BCUT2D eigenvalue weighted by Gasteiger charge is -2.24. The highest BCUT2D eigenvalue weighted by molar-refractivity contribution is 6.30. The molecule has 0 spiro atoms. The number of aryl methyl sites for hydroxylation is 1. The highest BCUT2D eigenvalue weighted by Gasteiger charge is 2.21. The van der Waals surface area contributed by atoms with E-state index in [1.165, 1.54) is 6.07 Å². The number of aromatic nitrogens is 3. The van der Waals surface area contributed by atoms with Gasteiger partial charge in [-0.3, -0.25) is 19.8 Å². The number of halogens is 2. The highest BCUT2D eigenvalue weighted by Crippen LogP contribution is 2.24. The Bertz CT molecular complexity index is 913. The number of carbonyl (C=O) groups is 1. The van der Waals surface area contributed by atoms with E-state index in [4.69, 9.17) is 11.6 Å². The molecule has 0 aliphatic carbocycles. The molecular weight excluding hydrogens is 367 g/mol. The Morgan fingerprint density at radius 1 is 1.15 bits per heavy atom. The van der Waals surface area contributed by atoms with Gasteiger partial charge in [0.25, 0.3) is 0 Å². The zero-order chi connectivity index (χ0) is 19.2. The number of H-pyrrole nitrogens is 1. The Morgan fingerprint density at radius 2 is 1.93 bits per heavy atom. The zero-order valence-electron chi connectivity index (χ0n) is 15.0. The first-order valence-corrected chi connectivity index (χ1v) is 9.10. The molecular formula is C20H20ClFN4O. The van der Waals surface area contributed by atoms with Crippen LogP contribution in [-0.4, -0.2) is 27.6 Å². The Labute approximate surface area is 162 Å². The number of anilines is 1. The summed E-state index contributed by atoms with van der Waals surface area (Å²) in [7, 11) is 0. The molecule has 1 amide bonds. The van der Waals surface area contributed by atoms with Gasteiger partial charge >= 0.3 is 0 Å². The van der Waals surface area contributed by atoms with Crippen molar-refractivity contribution in [2.24, 2.45) is 0 Å². The van der Waals surface area contributed by atoms with Crippen molar-refractivity contribution in [3.63, 3.8) is 0 Å². The van der Waals surface area contributed by atoms with Crippen LogP contribution in [0.15, 0.2) is 48.8 Å². The number of piperidine rings is 1. The minimum atomic E-state index is -0.350. The van der Waals surface area contributed by atoms with Gasteiger partial charge in [0.15, 0.2) is 5.82 Å². The van der Waals surface area contributed by atoms with Crippen LogP contribution in [0.2, 0.25) is 5.02 Å². The van der Waals surface area contributed by atoms with Gasteiger partial charge in [-0.15, -0.1) is 0 Å². The van der Waals surface area contributed by atoms with Gasteiger partial charge in [0, 0.05) is 37.0 Å². The molecule has 4 rings (SSSR count). The van der Waals surface area contributed by atoms with Crippen LogP contribution in [0.5, 0.6) is 0 Å². The number of hydrogen-bond donors (Lipinski definition) is 1. The van der Waals surface area contributed by atoms with Crippen molar-refractivity contribution in [1.29, 1.82) is 0 Å². The second kappa shape index (κ2) is 8.77. The van der Waals surface area contributed by atoms with Gasteiger partial charge in [0.05, 0.1) is 10.7 Å². The Balaban J connectivity index is 0.000000197. The summed E-state index contributed by atoms with van der Waals surface area (Å²) in [6, 6.07) is 10.5. The summed E-state index contributed by atoms with van der Waals surface area (Å²) in [4.78, 5) is 17.5. The molecule has 1 N–H and O–H groups in total. The van der Waals surface area contributed by atoms with Gasteiger partial charge in [0.1, 0.15) is 5.82 Å². The standard InChI is InChI=1S/C13H14N4O.C7H6ClF/c18-13-3-1-2-8-17(13)12-9-11(15-16-12)10-4-6-14-7-5-10;1-5-2-3-6(8)7(9)4-5/h4-7,9H,1-3,8H2,(H,15,16);2-4H,1H3. The fourth-order valence-electron chi connectivity index (χ4n) is 2.78. The van der Waals surface area contributed by atoms with E-state index in [0.717, 1.165) is 36.2 Å². The first kappa shape index (κ1) is 19.0. The predicted molar refractivity (Wildman–Crippen MR) is 104 cm³/mol. The fraction of sp³-hybridized carbons (Fsp3) is 0.250. The molecule has 1 aliphatic heterocycles. The van der Waals surface area contributed by atoms with E-state index in [1.54, 1.807) is 29.4 Å². The molecule has 1 aliphatic rings. The van der Waals surface area contributed by atoms with Crippen LogP contribution < -0.4 is 4.90 Å². The molecule has 3 heterocycles. The largest absolute Gasteiger partial charge is 0.295 e. The fourth-order valence-corrected chi connectivity index (χ4v) is 2.90. The second-order valence-corrected chi connectivity index (χ2v) is 6.70. The smallest absolute Gasteiger partial charge is 0.228 e. The SMILES string of the molecule is Cc1ccc(Cl)c(F)c1.O=C1CCCCN1c1cc(-c2ccncc2)[nH]n1. The van der Waals surface area contributed by atoms with E-state index in [0.29, 0.717) is 12.2 Å². The molecule has 0 bridgehead atoms. The Hall–Kier alpha value is -2.73. The van der Waals surface area contributed by atoms with Crippen LogP contribution in [-0.2, 0) is 4.79 Å². The molecule has 27 heavy (non-hydrogen) atoms. The summed E-state index contributed by atoms with van der Waals surface area (Å²) >= 11 is 5.41. The average molecular weight is 387 g/mol. The summed E-state index contributed by atoms with van der Waals surface area (Å²) in [5.41, 5.74) is 2.82. The number of nitrogens with one attached hydrogen (secondary N) is 1. The number of amides is 1. The van der Waals surface area contributed by atoms with Crippen LogP contribution in [0.4, 0.5) is 10.2 Å². The summed E-state index contributed by atoms with van der Waals surface area (Å²) in [5, 5.41) is 7.38. The first-order chi connectivity index (χ1) is 13.0. The highest BCUT2D eigenvalue weighted by atomic mass is 35.5. The third kappa shape index (κ3) is 4.92. The van der Waals surface area contributed by atoms with Crippen LogP contribution >= 0.6 is 11.6 Å². The van der Waals surface area contributed by atoms with Crippen molar-refractivity contribution in [2.75, 3.05) is 11.4 Å². The van der Waals surface area contributed by atoms with Gasteiger partial charge in [-0.1, -0.05) is 17.7 Å². The third-order valence-corrected chi connectivity index (χ3v) is 4.54. The van der Waals surface area contributed by atoms with Crippen molar-refractivity contribution < 1.29 is 9.18 Å². The quantitative estimate of drug-likeness (QED) is 0.689. The van der Waals surface area contributed by atoms with Crippen LogP contribution in [0.1, 0.15) is 24.8 Å². The van der Waals surface area contributed by atoms with Gasteiger partial charge in [-0.25, -0.2) is 4.39 Å². The third-order valence-electron chi connectivity index (χ3n) is 4.23. The van der Waals surface area contributed by atoms with Gasteiger partial charge in [-0.2, -0.15) is 5.10 Å². The van der Waals surface area contributed by atoms with Gasteiger partial charge < -0.3 is 0 Å². The van der Waals surface area contributed by atoms with E-state index in [9.17, 15) is 9.18 Å². The molecule has 0 unspecified atom stereocenters. The lowest BCUT2D eigenvalue weighted by Crippen LogP contribution is -2.35. The van der Waals surface area contributed by atoms with Gasteiger partial charge in [0.2, 0.25) is 5.91 Å². The summed E-state index contributed by atoms with van der Waals surface area (Å²) < 4.78 is 12.4. The van der Waals surface area contributed by atoms with E-state index in [2.05, 4.69) is 15.2 Å². The molecule has 3 aromatic rings. The Kier molecular flexibility index (Phi) is 6.19. The number of carbonyl (C=O) groups excluding carboxylic acids is 1. The van der Waals surface area contributed by atoms with Crippen LogP contribution in [0.25, 0.3) is 11.3 Å². The maximum absolute atomic E-state index is 12.4. The Morgan fingerprint density at radius 3 is 2.59 bits per heavy atom. The molecule has 2 aromatic heterocycles. The lowest BCUT2D eigenvalue weighted by molar-refractivity contribution is -0.119. The monoisotopic (exact) mass is 386 g/mol. The van der Waals surface area contributed by atoms with Crippen LogP contribution in [0, 0.1) is 12.7 Å².